The quantitative estimate of drug-likeness (QED) is 0.419. The highest BCUT2D eigenvalue weighted by molar-refractivity contribution is 6.15. The first-order valence-electron chi connectivity index (χ1n) is 5.52. The number of hydrogen-bond acceptors (Lipinski definition) is 3. The molecule has 0 aromatic carbocycles. The molecule has 0 amide bonds. The van der Waals surface area contributed by atoms with Gasteiger partial charge in [-0.2, -0.15) is 0 Å². The minimum absolute atomic E-state index is 0.114. The van der Waals surface area contributed by atoms with Gasteiger partial charge in [0, 0.05) is 22.3 Å². The summed E-state index contributed by atoms with van der Waals surface area (Å²) in [5.74, 6) is 0. The van der Waals surface area contributed by atoms with Crippen molar-refractivity contribution in [2.75, 3.05) is 20.1 Å². The molecule has 0 aromatic rings. The standard InChI is InChI=1S/C10H27N3Si/c1-6-7-12-10(14,8-11-5)13-9(2,3)4/h11-13H,6-8H2,1-5,14H3. The summed E-state index contributed by atoms with van der Waals surface area (Å²) in [6.07, 6.45) is 1.18. The van der Waals surface area contributed by atoms with Crippen molar-refractivity contribution >= 4 is 10.2 Å². The van der Waals surface area contributed by atoms with E-state index in [-0.39, 0.29) is 10.8 Å². The van der Waals surface area contributed by atoms with Crippen LogP contribution in [-0.2, 0) is 0 Å². The van der Waals surface area contributed by atoms with Gasteiger partial charge in [-0.05, 0) is 40.8 Å². The predicted octanol–water partition coefficient (Wildman–Crippen LogP) is -0.387. The molecule has 0 fully saturated rings. The van der Waals surface area contributed by atoms with Gasteiger partial charge in [-0.3, -0.25) is 5.32 Å². The zero-order valence-corrected chi connectivity index (χ0v) is 12.6. The van der Waals surface area contributed by atoms with Gasteiger partial charge in [0.2, 0.25) is 0 Å². The Labute approximate surface area is 91.8 Å². The van der Waals surface area contributed by atoms with Crippen molar-refractivity contribution in [3.05, 3.63) is 0 Å². The Kier molecular flexibility index (Phi) is 5.89. The third kappa shape index (κ3) is 6.54. The Morgan fingerprint density at radius 3 is 2.14 bits per heavy atom. The maximum absolute atomic E-state index is 3.66. The molecule has 3 N–H and O–H groups in total. The molecule has 1 atom stereocenters. The fourth-order valence-electron chi connectivity index (χ4n) is 1.73. The minimum atomic E-state index is 0.114. The largest absolute Gasteiger partial charge is 0.317 e. The van der Waals surface area contributed by atoms with Crippen molar-refractivity contribution in [2.24, 2.45) is 0 Å². The first kappa shape index (κ1) is 14.1. The van der Waals surface area contributed by atoms with Crippen LogP contribution < -0.4 is 16.0 Å². The van der Waals surface area contributed by atoms with Crippen LogP contribution in [0.25, 0.3) is 0 Å². The Morgan fingerprint density at radius 1 is 1.21 bits per heavy atom. The molecule has 0 heterocycles. The molecule has 0 aliphatic carbocycles. The van der Waals surface area contributed by atoms with Crippen molar-refractivity contribution < 1.29 is 0 Å². The molecule has 0 aliphatic heterocycles. The Hall–Kier alpha value is 0.0969. The van der Waals surface area contributed by atoms with Gasteiger partial charge < -0.3 is 10.6 Å². The van der Waals surface area contributed by atoms with E-state index in [0.29, 0.717) is 0 Å². The van der Waals surface area contributed by atoms with Crippen LogP contribution in [0.5, 0.6) is 0 Å². The number of rotatable bonds is 6. The van der Waals surface area contributed by atoms with Gasteiger partial charge in [0.15, 0.2) is 0 Å². The number of nitrogens with one attached hydrogen (secondary N) is 3. The van der Waals surface area contributed by atoms with Crippen LogP contribution in [0, 0.1) is 0 Å². The van der Waals surface area contributed by atoms with Crippen LogP contribution in [0.3, 0.4) is 0 Å². The zero-order chi connectivity index (χ0) is 11.2. The highest BCUT2D eigenvalue weighted by Gasteiger charge is 2.26. The van der Waals surface area contributed by atoms with E-state index in [1.54, 1.807) is 0 Å². The maximum atomic E-state index is 3.66. The molecule has 0 aromatic heterocycles. The first-order chi connectivity index (χ1) is 6.33. The van der Waals surface area contributed by atoms with Crippen LogP contribution in [0.15, 0.2) is 0 Å². The van der Waals surface area contributed by atoms with E-state index in [0.717, 1.165) is 23.3 Å². The summed E-state index contributed by atoms with van der Waals surface area (Å²) in [5, 5.41) is 10.6. The summed E-state index contributed by atoms with van der Waals surface area (Å²) >= 11 is 0. The zero-order valence-electron chi connectivity index (χ0n) is 10.6. The Morgan fingerprint density at radius 2 is 1.79 bits per heavy atom. The molecule has 0 spiro atoms. The Balaban J connectivity index is 4.23. The second-order valence-corrected chi connectivity index (χ2v) is 6.87. The van der Waals surface area contributed by atoms with Crippen molar-refractivity contribution in [1.82, 2.24) is 16.0 Å². The molecule has 14 heavy (non-hydrogen) atoms. The molecule has 1 unspecified atom stereocenters. The molecule has 0 saturated carbocycles. The fraction of sp³-hybridized carbons (Fsp3) is 1.00. The molecule has 0 radical (unpaired) electrons. The average molecular weight is 217 g/mol. The lowest BCUT2D eigenvalue weighted by Gasteiger charge is -2.39. The SMILES string of the molecule is CCCNC([SiH3])(CNC)NC(C)(C)C. The van der Waals surface area contributed by atoms with Crippen molar-refractivity contribution in [2.45, 2.75) is 44.9 Å². The lowest BCUT2D eigenvalue weighted by atomic mass is 10.1. The highest BCUT2D eigenvalue weighted by atomic mass is 28.1. The normalized spacial score (nSPS) is 16.9. The fourth-order valence-corrected chi connectivity index (χ4v) is 3.09. The second kappa shape index (κ2) is 5.85. The highest BCUT2D eigenvalue weighted by Crippen LogP contribution is 2.05. The minimum Gasteiger partial charge on any atom is -0.317 e. The molecule has 86 valence electrons. The monoisotopic (exact) mass is 217 g/mol. The van der Waals surface area contributed by atoms with E-state index in [2.05, 4.69) is 43.6 Å². The van der Waals surface area contributed by atoms with Crippen LogP contribution in [0.4, 0.5) is 0 Å². The first-order valence-corrected chi connectivity index (χ1v) is 6.52. The smallest absolute Gasteiger partial charge is 0.0600 e. The van der Waals surface area contributed by atoms with Gasteiger partial charge in [0.05, 0.1) is 5.29 Å². The van der Waals surface area contributed by atoms with Gasteiger partial charge >= 0.3 is 0 Å². The van der Waals surface area contributed by atoms with Crippen molar-refractivity contribution in [3.8, 4) is 0 Å². The van der Waals surface area contributed by atoms with Crippen LogP contribution in [0.2, 0.25) is 0 Å². The van der Waals surface area contributed by atoms with Crippen LogP contribution >= 0.6 is 0 Å². The van der Waals surface area contributed by atoms with Crippen LogP contribution in [-0.4, -0.2) is 41.2 Å². The molecular weight excluding hydrogens is 190 g/mol. The van der Waals surface area contributed by atoms with E-state index in [1.807, 2.05) is 7.05 Å². The van der Waals surface area contributed by atoms with Crippen molar-refractivity contribution in [3.63, 3.8) is 0 Å². The third-order valence-electron chi connectivity index (χ3n) is 1.95. The lowest BCUT2D eigenvalue weighted by molar-refractivity contribution is 0.275. The van der Waals surface area contributed by atoms with Gasteiger partial charge in [0.1, 0.15) is 0 Å². The predicted molar refractivity (Wildman–Crippen MR) is 67.8 cm³/mol. The molecule has 0 bridgehead atoms. The molecule has 4 heteroatoms. The summed E-state index contributed by atoms with van der Waals surface area (Å²) in [6.45, 7) is 10.9. The van der Waals surface area contributed by atoms with E-state index in [4.69, 9.17) is 0 Å². The van der Waals surface area contributed by atoms with Gasteiger partial charge in [-0.25, -0.2) is 0 Å². The van der Waals surface area contributed by atoms with Gasteiger partial charge in [-0.1, -0.05) is 6.92 Å². The summed E-state index contributed by atoms with van der Waals surface area (Å²) in [4.78, 5) is 0. The summed E-state index contributed by atoms with van der Waals surface area (Å²) in [6, 6.07) is 0. The number of hydrogen-bond donors (Lipinski definition) is 3. The molecular formula is C10H27N3Si. The van der Waals surface area contributed by atoms with E-state index in [9.17, 15) is 0 Å². The second-order valence-electron chi connectivity index (χ2n) is 5.16. The van der Waals surface area contributed by atoms with Crippen molar-refractivity contribution in [1.29, 1.82) is 0 Å². The summed E-state index contributed by atoms with van der Waals surface area (Å²) in [5.41, 5.74) is 0.166. The third-order valence-corrected chi connectivity index (χ3v) is 2.90. The molecule has 0 aliphatic rings. The average Bonchev–Trinajstić information content (AvgIpc) is 1.98. The van der Waals surface area contributed by atoms with Gasteiger partial charge in [0.25, 0.3) is 0 Å². The summed E-state index contributed by atoms with van der Waals surface area (Å²) < 4.78 is 0. The van der Waals surface area contributed by atoms with E-state index in [1.165, 1.54) is 6.42 Å². The number of likely N-dealkylation sites (N-methyl/N-ethyl adjacent to an activating group) is 1. The van der Waals surface area contributed by atoms with E-state index >= 15 is 0 Å². The van der Waals surface area contributed by atoms with Crippen LogP contribution in [0.1, 0.15) is 34.1 Å². The molecule has 0 rings (SSSR count). The molecule has 0 saturated heterocycles. The lowest BCUT2D eigenvalue weighted by Crippen LogP contribution is -2.67. The van der Waals surface area contributed by atoms with E-state index < -0.39 is 0 Å². The topological polar surface area (TPSA) is 36.1 Å². The maximum Gasteiger partial charge on any atom is 0.0600 e. The summed E-state index contributed by atoms with van der Waals surface area (Å²) in [7, 11) is 3.09. The van der Waals surface area contributed by atoms with Gasteiger partial charge in [-0.15, -0.1) is 0 Å². The molecule has 3 nitrogen and oxygen atoms in total. The Bertz CT molecular complexity index is 156.